The van der Waals surface area contributed by atoms with E-state index in [1.165, 1.54) is 6.07 Å². The van der Waals surface area contributed by atoms with Gasteiger partial charge in [-0.25, -0.2) is 4.98 Å². The molecule has 3 aromatic rings. The summed E-state index contributed by atoms with van der Waals surface area (Å²) in [7, 11) is 2.09. The van der Waals surface area contributed by atoms with Gasteiger partial charge in [0.15, 0.2) is 17.3 Å². The minimum atomic E-state index is -0.658. The lowest BCUT2D eigenvalue weighted by Gasteiger charge is -2.40. The van der Waals surface area contributed by atoms with E-state index in [0.717, 1.165) is 62.6 Å². The van der Waals surface area contributed by atoms with Crippen molar-refractivity contribution in [3.8, 4) is 23.5 Å². The summed E-state index contributed by atoms with van der Waals surface area (Å²) < 4.78 is 12.0. The van der Waals surface area contributed by atoms with Crippen LogP contribution >= 0.6 is 11.6 Å². The van der Waals surface area contributed by atoms with Crippen LogP contribution in [0.15, 0.2) is 22.7 Å². The van der Waals surface area contributed by atoms with Crippen LogP contribution in [0.4, 0.5) is 5.69 Å². The summed E-state index contributed by atoms with van der Waals surface area (Å²) in [5.74, 6) is 1.35. The molecule has 40 heavy (non-hydrogen) atoms. The van der Waals surface area contributed by atoms with Crippen LogP contribution in [-0.4, -0.2) is 51.2 Å². The van der Waals surface area contributed by atoms with Gasteiger partial charge in [0.25, 0.3) is 5.69 Å². The zero-order valence-electron chi connectivity index (χ0n) is 23.1. The molecule has 2 unspecified atom stereocenters. The third kappa shape index (κ3) is 4.82. The zero-order valence-corrected chi connectivity index (χ0v) is 23.8. The molecule has 0 bridgehead atoms. The molecule has 10 nitrogen and oxygen atoms in total. The van der Waals surface area contributed by atoms with Gasteiger partial charge in [0.05, 0.1) is 10.3 Å². The molecule has 2 aliphatic carbocycles. The number of halogens is 1. The minimum absolute atomic E-state index is 0.115. The Balaban J connectivity index is 0.00000158. The van der Waals surface area contributed by atoms with E-state index in [9.17, 15) is 15.4 Å². The Morgan fingerprint density at radius 2 is 2.02 bits per heavy atom. The predicted octanol–water partition coefficient (Wildman–Crippen LogP) is 6.02. The van der Waals surface area contributed by atoms with E-state index >= 15 is 0 Å². The maximum absolute atomic E-state index is 11.8. The Hall–Kier alpha value is -3.55. The van der Waals surface area contributed by atoms with E-state index in [2.05, 4.69) is 33.1 Å². The number of rotatable bonds is 5. The fraction of sp³-hybridized carbons (Fsp3) is 0.517. The van der Waals surface area contributed by atoms with Crippen LogP contribution in [0.2, 0.25) is 5.15 Å². The van der Waals surface area contributed by atoms with Gasteiger partial charge in [-0.1, -0.05) is 36.7 Å². The quantitative estimate of drug-likeness (QED) is 0.207. The number of nitro groups is 1. The maximum Gasteiger partial charge on any atom is 0.287 e. The highest BCUT2D eigenvalue weighted by atomic mass is 35.5. The van der Waals surface area contributed by atoms with E-state index in [4.69, 9.17) is 20.9 Å². The highest BCUT2D eigenvalue weighted by Crippen LogP contribution is 2.53. The van der Waals surface area contributed by atoms with Crippen LogP contribution < -0.4 is 4.74 Å². The monoisotopic (exact) mass is 564 g/mol. The third-order valence-corrected chi connectivity index (χ3v) is 8.53. The Kier molecular flexibility index (Phi) is 8.06. The first kappa shape index (κ1) is 28.0. The van der Waals surface area contributed by atoms with Crippen molar-refractivity contribution in [2.24, 2.45) is 0 Å². The first-order valence-corrected chi connectivity index (χ1v) is 14.4. The highest BCUT2D eigenvalue weighted by molar-refractivity contribution is 6.29. The maximum atomic E-state index is 11.8. The lowest BCUT2D eigenvalue weighted by molar-refractivity contribution is -0.385. The average molecular weight is 565 g/mol. The molecule has 2 atom stereocenters. The number of fused-ring (bicyclic) bond motifs is 4. The zero-order chi connectivity index (χ0) is 28.4. The van der Waals surface area contributed by atoms with Gasteiger partial charge in [-0.3, -0.25) is 10.1 Å². The second kappa shape index (κ2) is 11.5. The number of hydrogen-bond donors (Lipinski definition) is 0. The Labute approximate surface area is 238 Å². The van der Waals surface area contributed by atoms with Crippen molar-refractivity contribution in [1.29, 1.82) is 5.26 Å². The van der Waals surface area contributed by atoms with Crippen LogP contribution in [0.5, 0.6) is 5.88 Å². The van der Waals surface area contributed by atoms with E-state index in [1.54, 1.807) is 12.1 Å². The van der Waals surface area contributed by atoms with Gasteiger partial charge >= 0.3 is 0 Å². The lowest BCUT2D eigenvalue weighted by Crippen LogP contribution is -2.36. The van der Waals surface area contributed by atoms with Gasteiger partial charge in [0.1, 0.15) is 23.4 Å². The molecule has 1 aromatic carbocycles. The van der Waals surface area contributed by atoms with Crippen molar-refractivity contribution < 1.29 is 14.2 Å². The summed E-state index contributed by atoms with van der Waals surface area (Å²) >= 11 is 6.37. The molecule has 3 aliphatic rings. The molecule has 3 heterocycles. The summed E-state index contributed by atoms with van der Waals surface area (Å²) in [4.78, 5) is 22.6. The molecule has 0 amide bonds. The summed E-state index contributed by atoms with van der Waals surface area (Å²) in [6, 6.07) is 7.29. The van der Waals surface area contributed by atoms with E-state index in [1.807, 2.05) is 13.8 Å². The average Bonchev–Trinajstić information content (AvgIpc) is 3.59. The molecular weight excluding hydrogens is 532 g/mol. The third-order valence-electron chi connectivity index (χ3n) is 8.34. The molecule has 1 saturated heterocycles. The fourth-order valence-electron chi connectivity index (χ4n) is 6.56. The van der Waals surface area contributed by atoms with Gasteiger partial charge in [-0.05, 0) is 76.1 Å². The first-order chi connectivity index (χ1) is 19.4. The molecule has 0 saturated carbocycles. The van der Waals surface area contributed by atoms with Gasteiger partial charge in [-0.2, -0.15) is 10.2 Å². The van der Waals surface area contributed by atoms with Gasteiger partial charge in [0.2, 0.25) is 5.88 Å². The summed E-state index contributed by atoms with van der Waals surface area (Å²) in [5, 5.41) is 26.4. The van der Waals surface area contributed by atoms with Crippen molar-refractivity contribution >= 4 is 17.3 Å². The van der Waals surface area contributed by atoms with Crippen LogP contribution in [0, 0.1) is 21.4 Å². The summed E-state index contributed by atoms with van der Waals surface area (Å²) in [6.07, 6.45) is 6.81. The number of likely N-dealkylation sites (tertiary alicyclic amines) is 1. The van der Waals surface area contributed by atoms with Crippen molar-refractivity contribution in [2.45, 2.75) is 76.7 Å². The van der Waals surface area contributed by atoms with Crippen molar-refractivity contribution in [1.82, 2.24) is 20.0 Å². The molecule has 1 spiro atoms. The van der Waals surface area contributed by atoms with E-state index < -0.39 is 10.3 Å². The van der Waals surface area contributed by atoms with Gasteiger partial charge < -0.3 is 14.2 Å². The van der Waals surface area contributed by atoms with Crippen molar-refractivity contribution in [2.75, 3.05) is 20.2 Å². The number of aromatic nitrogens is 3. The largest absolute Gasteiger partial charge is 0.476 e. The molecule has 1 aliphatic heterocycles. The van der Waals surface area contributed by atoms with Gasteiger partial charge in [-0.15, -0.1) is 0 Å². The topological polar surface area (TPSA) is 131 Å². The molecule has 1 fully saturated rings. The van der Waals surface area contributed by atoms with Crippen LogP contribution in [0.3, 0.4) is 0 Å². The Morgan fingerprint density at radius 3 is 2.73 bits per heavy atom. The molecule has 0 N–H and O–H groups in total. The molecule has 2 aromatic heterocycles. The van der Waals surface area contributed by atoms with Crippen molar-refractivity contribution in [3.63, 3.8) is 0 Å². The molecule has 210 valence electrons. The number of nitro benzene ring substituents is 1. The number of likely N-dealkylation sites (N-methyl/N-ethyl adjacent to an activating group) is 1. The molecule has 11 heteroatoms. The molecule has 6 rings (SSSR count). The first-order valence-electron chi connectivity index (χ1n) is 14.0. The Morgan fingerprint density at radius 1 is 1.25 bits per heavy atom. The summed E-state index contributed by atoms with van der Waals surface area (Å²) in [5.41, 5.74) is 2.31. The number of benzene rings is 1. The lowest BCUT2D eigenvalue weighted by atomic mass is 9.61. The number of ether oxygens (including phenoxy) is 1. The SMILES string of the molecule is CC.CN1CCCC1COc1cc(Cl)nc(-c2noc3c2CCCC32CCCc3ccc([N+](=O)[O-])c(C#N)c32)n1. The number of aryl methyl sites for hydroxylation is 1. The van der Waals surface area contributed by atoms with E-state index in [-0.39, 0.29) is 16.4 Å². The van der Waals surface area contributed by atoms with Crippen LogP contribution in [-0.2, 0) is 18.3 Å². The van der Waals surface area contributed by atoms with Gasteiger partial charge in [0, 0.05) is 23.7 Å². The molecule has 0 radical (unpaired) electrons. The predicted molar refractivity (Wildman–Crippen MR) is 150 cm³/mol. The fourth-order valence-corrected chi connectivity index (χ4v) is 6.73. The number of hydrogen-bond acceptors (Lipinski definition) is 9. The summed E-state index contributed by atoms with van der Waals surface area (Å²) in [6.45, 7) is 5.56. The van der Waals surface area contributed by atoms with Crippen molar-refractivity contribution in [3.05, 3.63) is 61.5 Å². The number of nitrogens with zero attached hydrogens (tertiary/aromatic N) is 6. The molecular formula is C29H33ClN6O4. The smallest absolute Gasteiger partial charge is 0.287 e. The minimum Gasteiger partial charge on any atom is -0.476 e. The normalized spacial score (nSPS) is 21.6. The second-order valence-electron chi connectivity index (χ2n) is 10.4. The van der Waals surface area contributed by atoms with Crippen LogP contribution in [0.25, 0.3) is 11.5 Å². The Bertz CT molecular complexity index is 1460. The standard InChI is InChI=1S/C27H27ClN6O4.C2H6/c1-33-12-4-6-17(33)15-37-22-13-21(28)30-26(31-22)24-18-7-3-11-27(25(18)38-32-24)10-2-5-16-8-9-20(34(35)36)19(14-29)23(16)27;1-2/h8-9,13,17H,2-7,10-12,15H2,1H3;1-2H3. The van der Waals surface area contributed by atoms with E-state index in [0.29, 0.717) is 47.8 Å². The number of nitriles is 1. The second-order valence-corrected chi connectivity index (χ2v) is 10.8. The van der Waals surface area contributed by atoms with Crippen LogP contribution in [0.1, 0.15) is 80.4 Å². The highest BCUT2D eigenvalue weighted by Gasteiger charge is 2.48.